The first-order chi connectivity index (χ1) is 11.1. The molecule has 1 fully saturated rings. The van der Waals surface area contributed by atoms with Crippen LogP contribution in [0.25, 0.3) is 5.65 Å². The van der Waals surface area contributed by atoms with Crippen LogP contribution in [-0.2, 0) is 4.74 Å². The highest BCUT2D eigenvalue weighted by molar-refractivity contribution is 5.61. The van der Waals surface area contributed by atoms with Crippen LogP contribution in [0.5, 0.6) is 0 Å². The second-order valence-electron chi connectivity index (χ2n) is 5.45. The van der Waals surface area contributed by atoms with Crippen molar-refractivity contribution in [3.63, 3.8) is 0 Å². The van der Waals surface area contributed by atoms with Crippen molar-refractivity contribution >= 4 is 17.2 Å². The van der Waals surface area contributed by atoms with E-state index < -0.39 is 16.2 Å². The van der Waals surface area contributed by atoms with Crippen molar-refractivity contribution in [3.05, 3.63) is 44.9 Å². The molecule has 0 amide bonds. The lowest BCUT2D eigenvalue weighted by Crippen LogP contribution is -2.35. The Hall–Kier alpha value is -2.48. The molecule has 3 heterocycles. The van der Waals surface area contributed by atoms with Crippen LogP contribution >= 0.6 is 0 Å². The van der Waals surface area contributed by atoms with Gasteiger partial charge in [0.2, 0.25) is 5.82 Å². The highest BCUT2D eigenvalue weighted by Crippen LogP contribution is 2.24. The fourth-order valence-electron chi connectivity index (χ4n) is 2.85. The molecule has 0 aliphatic carbocycles. The minimum Gasteiger partial charge on any atom is -0.376 e. The van der Waals surface area contributed by atoms with Crippen LogP contribution in [0.15, 0.2) is 29.2 Å². The zero-order valence-electron chi connectivity index (χ0n) is 12.8. The molecule has 0 saturated carbocycles. The van der Waals surface area contributed by atoms with Crippen LogP contribution in [0.2, 0.25) is 0 Å². The Kier molecular flexibility index (Phi) is 4.24. The minimum atomic E-state index is -0.665. The summed E-state index contributed by atoms with van der Waals surface area (Å²) < 4.78 is 6.80. The molecule has 8 heteroatoms. The van der Waals surface area contributed by atoms with E-state index >= 15 is 0 Å². The van der Waals surface area contributed by atoms with Gasteiger partial charge >= 0.3 is 11.2 Å². The lowest BCUT2D eigenvalue weighted by Gasteiger charge is -2.24. The molecule has 2 aromatic rings. The van der Waals surface area contributed by atoms with E-state index in [0.717, 1.165) is 12.8 Å². The van der Waals surface area contributed by atoms with E-state index in [1.807, 2.05) is 6.92 Å². The Morgan fingerprint density at radius 1 is 1.52 bits per heavy atom. The van der Waals surface area contributed by atoms with E-state index in [-0.39, 0.29) is 11.9 Å². The molecule has 0 unspecified atom stereocenters. The zero-order valence-corrected chi connectivity index (χ0v) is 12.8. The smallest absolute Gasteiger partial charge is 0.376 e. The van der Waals surface area contributed by atoms with Crippen LogP contribution in [0.1, 0.15) is 19.8 Å². The third-order valence-corrected chi connectivity index (χ3v) is 4.00. The number of hydrogen-bond donors (Lipinski definition) is 0. The summed E-state index contributed by atoms with van der Waals surface area (Å²) in [5, 5.41) is 11.4. The minimum absolute atomic E-state index is 0.0191. The van der Waals surface area contributed by atoms with E-state index in [1.165, 1.54) is 10.6 Å². The van der Waals surface area contributed by atoms with Gasteiger partial charge < -0.3 is 9.64 Å². The second-order valence-corrected chi connectivity index (χ2v) is 5.45. The average molecular weight is 318 g/mol. The molecule has 1 aliphatic heterocycles. The number of nitrogens with zero attached hydrogens (tertiary/aromatic N) is 4. The number of pyridine rings is 1. The first-order valence-electron chi connectivity index (χ1n) is 7.64. The summed E-state index contributed by atoms with van der Waals surface area (Å²) in [5.41, 5.74) is -0.765. The van der Waals surface area contributed by atoms with E-state index in [9.17, 15) is 14.9 Å². The van der Waals surface area contributed by atoms with Gasteiger partial charge in [-0.05, 0) is 31.9 Å². The quantitative estimate of drug-likeness (QED) is 0.614. The van der Waals surface area contributed by atoms with Crippen molar-refractivity contribution in [1.29, 1.82) is 0 Å². The molecule has 0 aromatic carbocycles. The molecule has 0 spiro atoms. The standard InChI is InChI=1S/C15H18N4O4/c1-2-17(10-11-6-5-9-23-11)14-13(19(21)22)15(20)18-8-4-3-7-12(18)16-14/h3-4,7-8,11H,2,5-6,9-10H2,1H3/t11-/m1/s1. The Labute approximate surface area is 132 Å². The van der Waals surface area contributed by atoms with Crippen molar-refractivity contribution in [2.75, 3.05) is 24.6 Å². The first-order valence-corrected chi connectivity index (χ1v) is 7.64. The summed E-state index contributed by atoms with van der Waals surface area (Å²) in [4.78, 5) is 29.4. The number of anilines is 1. The molecule has 0 radical (unpaired) electrons. The van der Waals surface area contributed by atoms with E-state index in [1.54, 1.807) is 23.1 Å². The lowest BCUT2D eigenvalue weighted by atomic mass is 10.2. The van der Waals surface area contributed by atoms with Crippen molar-refractivity contribution in [3.8, 4) is 0 Å². The molecular weight excluding hydrogens is 300 g/mol. The van der Waals surface area contributed by atoms with Gasteiger partial charge in [0.25, 0.3) is 0 Å². The van der Waals surface area contributed by atoms with Gasteiger partial charge in [0, 0.05) is 25.9 Å². The molecule has 1 saturated heterocycles. The molecular formula is C15H18N4O4. The van der Waals surface area contributed by atoms with E-state index in [4.69, 9.17) is 4.74 Å². The second kappa shape index (κ2) is 6.33. The Bertz CT molecular complexity index is 783. The molecule has 2 aromatic heterocycles. The monoisotopic (exact) mass is 318 g/mol. The number of fused-ring (bicyclic) bond motifs is 1. The molecule has 1 aliphatic rings. The summed E-state index contributed by atoms with van der Waals surface area (Å²) in [6.07, 6.45) is 3.40. The Morgan fingerprint density at radius 2 is 2.35 bits per heavy atom. The fourth-order valence-corrected chi connectivity index (χ4v) is 2.85. The van der Waals surface area contributed by atoms with Crippen LogP contribution in [0.3, 0.4) is 0 Å². The van der Waals surface area contributed by atoms with E-state index in [2.05, 4.69) is 4.98 Å². The van der Waals surface area contributed by atoms with Gasteiger partial charge in [-0.15, -0.1) is 0 Å². The van der Waals surface area contributed by atoms with Crippen LogP contribution in [0, 0.1) is 10.1 Å². The highest BCUT2D eigenvalue weighted by Gasteiger charge is 2.29. The van der Waals surface area contributed by atoms with Gasteiger partial charge in [0.05, 0.1) is 11.0 Å². The van der Waals surface area contributed by atoms with Gasteiger partial charge in [0.15, 0.2) is 0 Å². The zero-order chi connectivity index (χ0) is 16.4. The molecule has 0 bridgehead atoms. The highest BCUT2D eigenvalue weighted by atomic mass is 16.6. The number of likely N-dealkylation sites (N-methyl/N-ethyl adjacent to an activating group) is 1. The van der Waals surface area contributed by atoms with Crippen LogP contribution in [-0.4, -0.2) is 40.1 Å². The summed E-state index contributed by atoms with van der Waals surface area (Å²) in [7, 11) is 0. The summed E-state index contributed by atoms with van der Waals surface area (Å²) in [5.74, 6) is 0.115. The van der Waals surface area contributed by atoms with Gasteiger partial charge in [0.1, 0.15) is 5.65 Å². The maximum absolute atomic E-state index is 12.5. The van der Waals surface area contributed by atoms with Crippen molar-refractivity contribution < 1.29 is 9.66 Å². The number of ether oxygens (including phenoxy) is 1. The maximum atomic E-state index is 12.5. The van der Waals surface area contributed by atoms with Crippen molar-refractivity contribution in [2.45, 2.75) is 25.9 Å². The maximum Gasteiger partial charge on any atom is 0.376 e. The van der Waals surface area contributed by atoms with Gasteiger partial charge in [-0.25, -0.2) is 4.98 Å². The Morgan fingerprint density at radius 3 is 3.00 bits per heavy atom. The predicted octanol–water partition coefficient (Wildman–Crippen LogP) is 1.61. The molecule has 0 N–H and O–H groups in total. The average Bonchev–Trinajstić information content (AvgIpc) is 3.05. The number of rotatable bonds is 5. The molecule has 8 nitrogen and oxygen atoms in total. The summed E-state index contributed by atoms with van der Waals surface area (Å²) in [6.45, 7) is 3.59. The SMILES string of the molecule is CCN(C[C@H]1CCCO1)c1nc2ccccn2c(=O)c1[N+](=O)[O-]. The predicted molar refractivity (Wildman–Crippen MR) is 85.0 cm³/mol. The Balaban J connectivity index is 2.11. The lowest BCUT2D eigenvalue weighted by molar-refractivity contribution is -0.385. The fraction of sp³-hybridized carbons (Fsp3) is 0.467. The largest absolute Gasteiger partial charge is 0.376 e. The molecule has 3 rings (SSSR count). The van der Waals surface area contributed by atoms with Crippen LogP contribution < -0.4 is 10.5 Å². The topological polar surface area (TPSA) is 90.0 Å². The van der Waals surface area contributed by atoms with Gasteiger partial charge in [-0.2, -0.15) is 0 Å². The van der Waals surface area contributed by atoms with Gasteiger partial charge in [-0.1, -0.05) is 6.07 Å². The van der Waals surface area contributed by atoms with E-state index in [0.29, 0.717) is 25.3 Å². The normalized spacial score (nSPS) is 17.5. The summed E-state index contributed by atoms with van der Waals surface area (Å²) >= 11 is 0. The third-order valence-electron chi connectivity index (χ3n) is 4.00. The number of nitro groups is 1. The molecule has 23 heavy (non-hydrogen) atoms. The van der Waals surface area contributed by atoms with Crippen molar-refractivity contribution in [1.82, 2.24) is 9.38 Å². The number of aromatic nitrogens is 2. The van der Waals surface area contributed by atoms with Gasteiger partial charge in [-0.3, -0.25) is 19.3 Å². The number of hydrogen-bond acceptors (Lipinski definition) is 6. The van der Waals surface area contributed by atoms with Crippen molar-refractivity contribution in [2.24, 2.45) is 0 Å². The molecule has 1 atom stereocenters. The third kappa shape index (κ3) is 2.89. The first kappa shape index (κ1) is 15.4. The summed E-state index contributed by atoms with van der Waals surface area (Å²) in [6, 6.07) is 5.05. The molecule has 122 valence electrons. The van der Waals surface area contributed by atoms with Crippen LogP contribution in [0.4, 0.5) is 11.5 Å².